The molecule has 0 bridgehead atoms. The molecule has 0 fully saturated rings. The van der Waals surface area contributed by atoms with Crippen molar-refractivity contribution in [3.05, 3.63) is 44.4 Å². The van der Waals surface area contributed by atoms with Gasteiger partial charge in [0, 0.05) is 28.9 Å². The molecule has 6 heteroatoms. The fraction of sp³-hybridized carbons (Fsp3) is 0.545. The van der Waals surface area contributed by atoms with E-state index in [9.17, 15) is 9.59 Å². The minimum absolute atomic E-state index is 0.133. The second-order valence-corrected chi connectivity index (χ2v) is 9.00. The fourth-order valence-corrected chi connectivity index (χ4v) is 5.24. The highest BCUT2D eigenvalue weighted by atomic mass is 32.1. The van der Waals surface area contributed by atoms with Crippen molar-refractivity contribution < 1.29 is 19.1 Å². The number of fused-ring (bicyclic) bond motifs is 1. The Balaban J connectivity index is 1.66. The Morgan fingerprint density at radius 1 is 1.32 bits per heavy atom. The first-order chi connectivity index (χ1) is 13.3. The van der Waals surface area contributed by atoms with Crippen LogP contribution < -0.4 is 0 Å². The van der Waals surface area contributed by atoms with E-state index in [2.05, 4.69) is 18.4 Å². The Morgan fingerprint density at radius 2 is 2.07 bits per heavy atom. The zero-order valence-corrected chi connectivity index (χ0v) is 18.1. The molecule has 2 aromatic rings. The van der Waals surface area contributed by atoms with Gasteiger partial charge in [0.2, 0.25) is 5.78 Å². The van der Waals surface area contributed by atoms with E-state index in [4.69, 9.17) is 9.47 Å². The van der Waals surface area contributed by atoms with Crippen molar-refractivity contribution in [3.8, 4) is 0 Å². The number of carbonyl (C=O) groups excluding carboxylic acids is 2. The molecule has 3 rings (SSSR count). The number of esters is 1. The molecule has 0 amide bonds. The van der Waals surface area contributed by atoms with Gasteiger partial charge in [0.25, 0.3) is 0 Å². The van der Waals surface area contributed by atoms with Crippen molar-refractivity contribution in [3.63, 3.8) is 0 Å². The third-order valence-electron chi connectivity index (χ3n) is 5.50. The summed E-state index contributed by atoms with van der Waals surface area (Å²) in [6.45, 7) is 8.52. The summed E-state index contributed by atoms with van der Waals surface area (Å²) in [5.41, 5.74) is 3.74. The van der Waals surface area contributed by atoms with Crippen LogP contribution in [0.3, 0.4) is 0 Å². The maximum atomic E-state index is 12.7. The predicted molar refractivity (Wildman–Crippen MR) is 111 cm³/mol. The molecule has 0 N–H and O–H groups in total. The summed E-state index contributed by atoms with van der Waals surface area (Å²) < 4.78 is 12.7. The number of ether oxygens (including phenoxy) is 2. The monoisotopic (exact) mass is 403 g/mol. The quantitative estimate of drug-likeness (QED) is 0.503. The Morgan fingerprint density at radius 3 is 2.79 bits per heavy atom. The lowest BCUT2D eigenvalue weighted by Crippen LogP contribution is -2.16. The SMILES string of the molecule is COC[C@H](C)n1c(C)cc(C(=O)COC(=O)c2cc3c(s2)CC[C@@H](C)C3)c1C. The number of carbonyl (C=O) groups is 2. The number of methoxy groups -OCH3 is 1. The zero-order chi connectivity index (χ0) is 20.4. The lowest BCUT2D eigenvalue weighted by Gasteiger charge is -2.17. The lowest BCUT2D eigenvalue weighted by molar-refractivity contribution is 0.0479. The van der Waals surface area contributed by atoms with Gasteiger partial charge in [-0.1, -0.05) is 6.92 Å². The van der Waals surface area contributed by atoms with E-state index < -0.39 is 5.97 Å². The normalized spacial score (nSPS) is 17.2. The van der Waals surface area contributed by atoms with Crippen molar-refractivity contribution in [1.29, 1.82) is 0 Å². The molecule has 2 atom stereocenters. The van der Waals surface area contributed by atoms with E-state index in [0.717, 1.165) is 30.7 Å². The molecule has 28 heavy (non-hydrogen) atoms. The minimum Gasteiger partial charge on any atom is -0.453 e. The summed E-state index contributed by atoms with van der Waals surface area (Å²) in [6.07, 6.45) is 3.21. The van der Waals surface area contributed by atoms with E-state index in [-0.39, 0.29) is 18.4 Å². The minimum atomic E-state index is -0.401. The van der Waals surface area contributed by atoms with Crippen molar-refractivity contribution in [2.45, 2.75) is 53.0 Å². The first kappa shape index (κ1) is 20.8. The van der Waals surface area contributed by atoms with Crippen molar-refractivity contribution >= 4 is 23.1 Å². The average molecular weight is 404 g/mol. The molecule has 0 radical (unpaired) electrons. The molecule has 1 aliphatic rings. The van der Waals surface area contributed by atoms with Crippen LogP contribution in [0.4, 0.5) is 0 Å². The van der Waals surface area contributed by atoms with Gasteiger partial charge < -0.3 is 14.0 Å². The van der Waals surface area contributed by atoms with Gasteiger partial charge in [-0.05, 0) is 63.6 Å². The summed E-state index contributed by atoms with van der Waals surface area (Å²) >= 11 is 1.51. The number of hydrogen-bond donors (Lipinski definition) is 0. The fourth-order valence-electron chi connectivity index (χ4n) is 4.14. The maximum Gasteiger partial charge on any atom is 0.348 e. The number of hydrogen-bond acceptors (Lipinski definition) is 5. The Bertz CT molecular complexity index is 879. The number of thiophene rings is 1. The number of nitrogens with zero attached hydrogens (tertiary/aromatic N) is 1. The smallest absolute Gasteiger partial charge is 0.348 e. The second-order valence-electron chi connectivity index (χ2n) is 7.87. The van der Waals surface area contributed by atoms with Gasteiger partial charge in [0.05, 0.1) is 12.6 Å². The average Bonchev–Trinajstić information content (AvgIpc) is 3.19. The van der Waals surface area contributed by atoms with Gasteiger partial charge in [0.1, 0.15) is 4.88 Å². The maximum absolute atomic E-state index is 12.7. The van der Waals surface area contributed by atoms with Crippen LogP contribution in [0.25, 0.3) is 0 Å². The van der Waals surface area contributed by atoms with Crippen LogP contribution in [0, 0.1) is 19.8 Å². The van der Waals surface area contributed by atoms with Gasteiger partial charge in [-0.3, -0.25) is 4.79 Å². The van der Waals surface area contributed by atoms with Crippen molar-refractivity contribution in [2.75, 3.05) is 20.3 Å². The summed E-state index contributed by atoms with van der Waals surface area (Å²) in [6, 6.07) is 3.94. The van der Waals surface area contributed by atoms with Gasteiger partial charge in [-0.2, -0.15) is 0 Å². The molecular formula is C22H29NO4S. The number of Topliss-reactive ketones (excluding diaryl/α,β-unsaturated/α-hetero) is 1. The van der Waals surface area contributed by atoms with Crippen LogP contribution in [0.15, 0.2) is 12.1 Å². The molecular weight excluding hydrogens is 374 g/mol. The molecule has 2 aromatic heterocycles. The van der Waals surface area contributed by atoms with Crippen LogP contribution in [0.5, 0.6) is 0 Å². The predicted octanol–water partition coefficient (Wildman–Crippen LogP) is 4.54. The first-order valence-corrected chi connectivity index (χ1v) is 10.6. The Hall–Kier alpha value is -1.92. The standard InChI is InChI=1S/C22H29NO4S/c1-13-6-7-20-17(8-13)10-21(28-20)22(25)27-12-19(24)18-9-14(2)23(16(18)4)15(3)11-26-5/h9-10,13,15H,6-8,11-12H2,1-5H3/t13-,15+/m1/s1. The molecule has 0 saturated carbocycles. The van der Waals surface area contributed by atoms with Gasteiger partial charge in [-0.15, -0.1) is 11.3 Å². The molecule has 0 unspecified atom stereocenters. The highest BCUT2D eigenvalue weighted by molar-refractivity contribution is 7.14. The highest BCUT2D eigenvalue weighted by Crippen LogP contribution is 2.32. The van der Waals surface area contributed by atoms with Crippen LogP contribution in [-0.2, 0) is 22.3 Å². The molecule has 0 aromatic carbocycles. The molecule has 0 spiro atoms. The van der Waals surface area contributed by atoms with E-state index >= 15 is 0 Å². The van der Waals surface area contributed by atoms with Crippen LogP contribution in [-0.4, -0.2) is 36.6 Å². The first-order valence-electron chi connectivity index (χ1n) is 9.81. The molecule has 2 heterocycles. The number of ketones is 1. The third-order valence-corrected chi connectivity index (χ3v) is 6.72. The van der Waals surface area contributed by atoms with Crippen molar-refractivity contribution in [2.24, 2.45) is 5.92 Å². The number of aromatic nitrogens is 1. The zero-order valence-electron chi connectivity index (χ0n) is 17.3. The molecule has 1 aliphatic carbocycles. The van der Waals surface area contributed by atoms with E-state index in [1.165, 1.54) is 21.8 Å². The van der Waals surface area contributed by atoms with Gasteiger partial charge in [0.15, 0.2) is 6.61 Å². The van der Waals surface area contributed by atoms with Crippen LogP contribution >= 0.6 is 11.3 Å². The van der Waals surface area contributed by atoms with Crippen molar-refractivity contribution in [1.82, 2.24) is 4.57 Å². The van der Waals surface area contributed by atoms with E-state index in [1.807, 2.05) is 26.0 Å². The highest BCUT2D eigenvalue weighted by Gasteiger charge is 2.23. The molecule has 0 saturated heterocycles. The largest absolute Gasteiger partial charge is 0.453 e. The summed E-state index contributed by atoms with van der Waals surface area (Å²) in [5, 5.41) is 0. The molecule has 0 aliphatic heterocycles. The summed E-state index contributed by atoms with van der Waals surface area (Å²) in [7, 11) is 1.67. The van der Waals surface area contributed by atoms with Crippen LogP contribution in [0.2, 0.25) is 0 Å². The Kier molecular flexibility index (Phi) is 6.40. The number of rotatable bonds is 7. The topological polar surface area (TPSA) is 57.5 Å². The molecule has 5 nitrogen and oxygen atoms in total. The molecule has 152 valence electrons. The van der Waals surface area contributed by atoms with Gasteiger partial charge in [-0.25, -0.2) is 4.79 Å². The lowest BCUT2D eigenvalue weighted by atomic mass is 9.90. The van der Waals surface area contributed by atoms with E-state index in [1.54, 1.807) is 7.11 Å². The number of aryl methyl sites for hydroxylation is 2. The van der Waals surface area contributed by atoms with E-state index in [0.29, 0.717) is 23.0 Å². The van der Waals surface area contributed by atoms with Crippen LogP contribution in [0.1, 0.15) is 68.2 Å². The summed E-state index contributed by atoms with van der Waals surface area (Å²) in [5.74, 6) is 0.0810. The Labute approximate surface area is 170 Å². The summed E-state index contributed by atoms with van der Waals surface area (Å²) in [4.78, 5) is 27.0. The van der Waals surface area contributed by atoms with Gasteiger partial charge >= 0.3 is 5.97 Å². The third kappa shape index (κ3) is 4.23. The second kappa shape index (κ2) is 8.62.